The molecule has 2 aliphatic rings. The van der Waals surface area contributed by atoms with Gasteiger partial charge in [-0.25, -0.2) is 14.6 Å². The minimum atomic E-state index is -0.569. The largest absolute Gasteiger partial charge is 0.439 e. The van der Waals surface area contributed by atoms with E-state index < -0.39 is 5.60 Å². The number of ether oxygens (including phenoxy) is 1. The fourth-order valence-electron chi connectivity index (χ4n) is 3.60. The van der Waals surface area contributed by atoms with Crippen molar-refractivity contribution in [1.82, 2.24) is 14.8 Å². The number of benzene rings is 1. The molecule has 1 spiro atoms. The Balaban J connectivity index is 1.47. The number of nitrogens with zero attached hydrogens (tertiary/aromatic N) is 3. The summed E-state index contributed by atoms with van der Waals surface area (Å²) in [6.45, 7) is 3.59. The maximum Gasteiger partial charge on any atom is 0.410 e. The molecule has 1 N–H and O–H groups in total. The summed E-state index contributed by atoms with van der Waals surface area (Å²) in [5, 5.41) is 3.96. The molecule has 0 saturated carbocycles. The Morgan fingerprint density at radius 1 is 1.40 bits per heavy atom. The Morgan fingerprint density at radius 3 is 3.00 bits per heavy atom. The molecule has 0 bridgehead atoms. The van der Waals surface area contributed by atoms with Gasteiger partial charge in [0.25, 0.3) is 0 Å². The van der Waals surface area contributed by atoms with Crippen LogP contribution in [0.3, 0.4) is 0 Å². The van der Waals surface area contributed by atoms with Crippen molar-refractivity contribution in [2.45, 2.75) is 25.4 Å². The van der Waals surface area contributed by atoms with Crippen LogP contribution in [0.15, 0.2) is 18.2 Å². The Kier molecular flexibility index (Phi) is 3.79. The molecule has 3 amide bonds. The molecular formula is C17H20N4O3S. The zero-order chi connectivity index (χ0) is 17.6. The van der Waals surface area contributed by atoms with Gasteiger partial charge in [0.05, 0.1) is 28.3 Å². The molecule has 2 saturated heterocycles. The number of aromatic nitrogens is 1. The van der Waals surface area contributed by atoms with Crippen molar-refractivity contribution in [2.24, 2.45) is 0 Å². The first-order chi connectivity index (χ1) is 11.9. The van der Waals surface area contributed by atoms with E-state index in [0.717, 1.165) is 33.8 Å². The lowest BCUT2D eigenvalue weighted by atomic mass is 9.93. The number of nitrogens with one attached hydrogen (secondary N) is 1. The third kappa shape index (κ3) is 3.02. The van der Waals surface area contributed by atoms with Crippen LogP contribution in [0.1, 0.15) is 17.8 Å². The van der Waals surface area contributed by atoms with Gasteiger partial charge in [-0.1, -0.05) is 0 Å². The fourth-order valence-corrected chi connectivity index (χ4v) is 4.46. The summed E-state index contributed by atoms with van der Waals surface area (Å²) in [6, 6.07) is 5.56. The summed E-state index contributed by atoms with van der Waals surface area (Å²) >= 11 is 1.61. The molecule has 1 atom stereocenters. The predicted octanol–water partition coefficient (Wildman–Crippen LogP) is 3.05. The lowest BCUT2D eigenvalue weighted by Gasteiger charge is -2.38. The average molecular weight is 360 g/mol. The second-order valence-electron chi connectivity index (χ2n) is 6.78. The third-order valence-electron chi connectivity index (χ3n) is 4.71. The van der Waals surface area contributed by atoms with Gasteiger partial charge >= 0.3 is 12.1 Å². The highest BCUT2D eigenvalue weighted by atomic mass is 32.1. The van der Waals surface area contributed by atoms with E-state index in [-0.39, 0.29) is 12.1 Å². The second kappa shape index (κ2) is 5.87. The van der Waals surface area contributed by atoms with Gasteiger partial charge in [0.2, 0.25) is 0 Å². The Hall–Kier alpha value is -2.35. The predicted molar refractivity (Wildman–Crippen MR) is 96.0 cm³/mol. The average Bonchev–Trinajstić information content (AvgIpc) is 3.05. The highest BCUT2D eigenvalue weighted by molar-refractivity contribution is 7.18. The lowest BCUT2D eigenvalue weighted by molar-refractivity contribution is 0.00497. The van der Waals surface area contributed by atoms with E-state index in [1.165, 1.54) is 0 Å². The number of likely N-dealkylation sites (tertiary alicyclic amines) is 1. The number of aryl methyl sites for hydroxylation is 1. The number of rotatable bonds is 1. The lowest BCUT2D eigenvalue weighted by Crippen LogP contribution is -2.53. The third-order valence-corrected chi connectivity index (χ3v) is 5.65. The van der Waals surface area contributed by atoms with Crippen LogP contribution >= 0.6 is 11.3 Å². The van der Waals surface area contributed by atoms with Crippen molar-refractivity contribution in [3.63, 3.8) is 0 Å². The number of hydrogen-bond donors (Lipinski definition) is 1. The summed E-state index contributed by atoms with van der Waals surface area (Å²) < 4.78 is 6.60. The maximum atomic E-state index is 12.7. The first kappa shape index (κ1) is 16.1. The number of thiazole rings is 1. The van der Waals surface area contributed by atoms with Crippen molar-refractivity contribution in [2.75, 3.05) is 32.0 Å². The molecule has 1 aromatic carbocycles. The molecule has 2 fully saturated rings. The van der Waals surface area contributed by atoms with Crippen molar-refractivity contribution >= 4 is 39.4 Å². The number of urea groups is 1. The SMILES string of the molecule is Cc1nc2ccc(NC(=O)N3CCC[C@@]4(CN(C)C(=O)O4)C3)cc2s1. The van der Waals surface area contributed by atoms with Crippen molar-refractivity contribution in [3.05, 3.63) is 23.2 Å². The summed E-state index contributed by atoms with van der Waals surface area (Å²) in [5.74, 6) is 0. The minimum Gasteiger partial charge on any atom is -0.439 e. The molecule has 4 rings (SSSR count). The molecule has 25 heavy (non-hydrogen) atoms. The number of carbonyl (C=O) groups is 2. The molecule has 2 aromatic rings. The first-order valence-corrected chi connectivity index (χ1v) is 9.13. The fraction of sp³-hybridized carbons (Fsp3) is 0.471. The first-order valence-electron chi connectivity index (χ1n) is 8.31. The molecule has 1 aromatic heterocycles. The van der Waals surface area contributed by atoms with Gasteiger partial charge in [-0.05, 0) is 38.0 Å². The molecule has 8 heteroatoms. The van der Waals surface area contributed by atoms with E-state index in [9.17, 15) is 9.59 Å². The van der Waals surface area contributed by atoms with Gasteiger partial charge in [0.15, 0.2) is 0 Å². The van der Waals surface area contributed by atoms with Crippen LogP contribution in [-0.2, 0) is 4.74 Å². The Morgan fingerprint density at radius 2 is 2.24 bits per heavy atom. The Bertz CT molecular complexity index is 852. The van der Waals surface area contributed by atoms with E-state index in [1.807, 2.05) is 25.1 Å². The number of hydrogen-bond acceptors (Lipinski definition) is 5. The van der Waals surface area contributed by atoms with Crippen LogP contribution < -0.4 is 5.32 Å². The van der Waals surface area contributed by atoms with E-state index in [4.69, 9.17) is 4.74 Å². The van der Waals surface area contributed by atoms with Crippen LogP contribution in [0.4, 0.5) is 15.3 Å². The number of piperidine rings is 1. The quantitative estimate of drug-likeness (QED) is 0.848. The molecular weight excluding hydrogens is 340 g/mol. The molecule has 132 valence electrons. The Labute approximate surface area is 149 Å². The summed E-state index contributed by atoms with van der Waals surface area (Å²) in [4.78, 5) is 32.1. The van der Waals surface area contributed by atoms with E-state index in [2.05, 4.69) is 10.3 Å². The summed E-state index contributed by atoms with van der Waals surface area (Å²) in [7, 11) is 1.72. The van der Waals surface area contributed by atoms with Gasteiger partial charge in [-0.3, -0.25) is 0 Å². The number of amides is 3. The van der Waals surface area contributed by atoms with Crippen LogP contribution in [0.25, 0.3) is 10.2 Å². The molecule has 3 heterocycles. The zero-order valence-electron chi connectivity index (χ0n) is 14.2. The van der Waals surface area contributed by atoms with E-state index in [0.29, 0.717) is 19.6 Å². The summed E-state index contributed by atoms with van der Waals surface area (Å²) in [6.07, 6.45) is 1.30. The second-order valence-corrected chi connectivity index (χ2v) is 8.01. The standard InChI is InChI=1S/C17H20N4O3S/c1-11-18-13-5-4-12(8-14(13)25-11)19-15(22)21-7-3-6-17(10-21)9-20(2)16(23)24-17/h4-5,8H,3,6-7,9-10H2,1-2H3,(H,19,22)/t17-/m1/s1. The molecule has 0 unspecified atom stereocenters. The van der Waals surface area contributed by atoms with Gasteiger partial charge < -0.3 is 19.9 Å². The number of anilines is 1. The normalized spacial score (nSPS) is 23.4. The number of carbonyl (C=O) groups excluding carboxylic acids is 2. The van der Waals surface area contributed by atoms with Gasteiger partial charge in [-0.2, -0.15) is 0 Å². The van der Waals surface area contributed by atoms with Crippen molar-refractivity contribution < 1.29 is 14.3 Å². The highest BCUT2D eigenvalue weighted by Crippen LogP contribution is 2.32. The van der Waals surface area contributed by atoms with Crippen molar-refractivity contribution in [3.8, 4) is 0 Å². The van der Waals surface area contributed by atoms with Gasteiger partial charge in [-0.15, -0.1) is 11.3 Å². The topological polar surface area (TPSA) is 74.8 Å². The maximum absolute atomic E-state index is 12.7. The van der Waals surface area contributed by atoms with E-state index in [1.54, 1.807) is 28.2 Å². The van der Waals surface area contributed by atoms with Crippen LogP contribution in [0.2, 0.25) is 0 Å². The molecule has 7 nitrogen and oxygen atoms in total. The molecule has 0 radical (unpaired) electrons. The van der Waals surface area contributed by atoms with Crippen LogP contribution in [-0.4, -0.2) is 59.2 Å². The molecule has 2 aliphatic heterocycles. The number of likely N-dealkylation sites (N-methyl/N-ethyl adjacent to an activating group) is 1. The zero-order valence-corrected chi connectivity index (χ0v) is 15.1. The minimum absolute atomic E-state index is 0.162. The van der Waals surface area contributed by atoms with Crippen LogP contribution in [0.5, 0.6) is 0 Å². The summed E-state index contributed by atoms with van der Waals surface area (Å²) in [5.41, 5.74) is 1.12. The van der Waals surface area contributed by atoms with Gasteiger partial charge in [0.1, 0.15) is 5.60 Å². The van der Waals surface area contributed by atoms with Gasteiger partial charge in [0, 0.05) is 19.3 Å². The highest BCUT2D eigenvalue weighted by Gasteiger charge is 2.47. The van der Waals surface area contributed by atoms with Crippen molar-refractivity contribution in [1.29, 1.82) is 0 Å². The van der Waals surface area contributed by atoms with E-state index >= 15 is 0 Å². The molecule has 0 aliphatic carbocycles. The monoisotopic (exact) mass is 360 g/mol. The smallest absolute Gasteiger partial charge is 0.410 e. The number of fused-ring (bicyclic) bond motifs is 1. The van der Waals surface area contributed by atoms with Crippen LogP contribution in [0, 0.1) is 6.92 Å².